The Kier molecular flexibility index (Phi) is 10.0. The van der Waals surface area contributed by atoms with Crippen LogP contribution in [-0.4, -0.2) is 11.7 Å². The lowest BCUT2D eigenvalue weighted by Crippen LogP contribution is -1.99. The highest BCUT2D eigenvalue weighted by atomic mass is 16.2. The van der Waals surface area contributed by atoms with Gasteiger partial charge in [0.1, 0.15) is 0 Å². The van der Waals surface area contributed by atoms with E-state index in [0.29, 0.717) is 6.61 Å². The standard InChI is InChI=1S/C7H14.C5H12O/c1-7-5-3-2-4-6-7;1-2-3-4-5-6/h7H,2-6H2,1H3;6H,2-5H2,1H3. The first-order chi connectivity index (χ1) is 6.31. The molecule has 0 aromatic rings. The quantitative estimate of drug-likeness (QED) is 0.665. The maximum absolute atomic E-state index is 8.20. The van der Waals surface area contributed by atoms with E-state index in [1.165, 1.54) is 38.5 Å². The minimum absolute atomic E-state index is 0.355. The van der Waals surface area contributed by atoms with E-state index in [1.54, 1.807) is 0 Å². The molecule has 0 radical (unpaired) electrons. The van der Waals surface area contributed by atoms with E-state index in [-0.39, 0.29) is 0 Å². The molecule has 1 heteroatoms. The summed E-state index contributed by atoms with van der Waals surface area (Å²) in [7, 11) is 0. The maximum atomic E-state index is 8.20. The Labute approximate surface area is 83.5 Å². The van der Waals surface area contributed by atoms with Crippen LogP contribution in [0.3, 0.4) is 0 Å². The number of aliphatic hydroxyl groups excluding tert-OH is 1. The van der Waals surface area contributed by atoms with Gasteiger partial charge in [0.15, 0.2) is 0 Å². The molecule has 13 heavy (non-hydrogen) atoms. The van der Waals surface area contributed by atoms with E-state index >= 15 is 0 Å². The lowest BCUT2D eigenvalue weighted by atomic mass is 9.91. The molecule has 0 unspecified atom stereocenters. The molecule has 0 aromatic carbocycles. The normalized spacial score (nSPS) is 17.8. The molecule has 1 saturated carbocycles. The van der Waals surface area contributed by atoms with E-state index in [4.69, 9.17) is 5.11 Å². The molecule has 0 aromatic heterocycles. The monoisotopic (exact) mass is 186 g/mol. The molecule has 0 heterocycles. The van der Waals surface area contributed by atoms with E-state index < -0.39 is 0 Å². The fourth-order valence-electron chi connectivity index (χ4n) is 1.67. The van der Waals surface area contributed by atoms with E-state index in [0.717, 1.165) is 18.8 Å². The molecular weight excluding hydrogens is 160 g/mol. The number of hydrogen-bond acceptors (Lipinski definition) is 1. The summed E-state index contributed by atoms with van der Waals surface area (Å²) in [5.41, 5.74) is 0. The van der Waals surface area contributed by atoms with Crippen LogP contribution < -0.4 is 0 Å². The van der Waals surface area contributed by atoms with Crippen molar-refractivity contribution in [3.8, 4) is 0 Å². The predicted octanol–water partition coefficient (Wildman–Crippen LogP) is 3.76. The average Bonchev–Trinajstić information content (AvgIpc) is 2.17. The molecule has 1 N–H and O–H groups in total. The minimum Gasteiger partial charge on any atom is -0.396 e. The van der Waals surface area contributed by atoms with Gasteiger partial charge < -0.3 is 5.11 Å². The minimum atomic E-state index is 0.355. The van der Waals surface area contributed by atoms with Crippen molar-refractivity contribution in [2.24, 2.45) is 5.92 Å². The molecule has 0 atom stereocenters. The van der Waals surface area contributed by atoms with Gasteiger partial charge in [0.2, 0.25) is 0 Å². The lowest BCUT2D eigenvalue weighted by Gasteiger charge is -2.15. The van der Waals surface area contributed by atoms with Crippen molar-refractivity contribution in [1.29, 1.82) is 0 Å². The molecule has 0 spiro atoms. The van der Waals surface area contributed by atoms with Crippen LogP contribution in [0.2, 0.25) is 0 Å². The molecule has 0 saturated heterocycles. The Balaban J connectivity index is 0.000000226. The van der Waals surface area contributed by atoms with Gasteiger partial charge in [0, 0.05) is 6.61 Å². The number of unbranched alkanes of at least 4 members (excludes halogenated alkanes) is 2. The number of hydrogen-bond donors (Lipinski definition) is 1. The van der Waals surface area contributed by atoms with Crippen molar-refractivity contribution < 1.29 is 5.11 Å². The molecule has 0 aliphatic heterocycles. The highest BCUT2D eigenvalue weighted by Gasteiger charge is 2.05. The zero-order valence-corrected chi connectivity index (χ0v) is 9.39. The van der Waals surface area contributed by atoms with Crippen molar-refractivity contribution >= 4 is 0 Å². The average molecular weight is 186 g/mol. The molecule has 80 valence electrons. The second-order valence-electron chi connectivity index (χ2n) is 4.17. The first-order valence-electron chi connectivity index (χ1n) is 5.92. The Morgan fingerprint density at radius 2 is 1.69 bits per heavy atom. The predicted molar refractivity (Wildman–Crippen MR) is 58.9 cm³/mol. The summed E-state index contributed by atoms with van der Waals surface area (Å²) in [4.78, 5) is 0. The van der Waals surface area contributed by atoms with Crippen molar-refractivity contribution in [3.05, 3.63) is 0 Å². The van der Waals surface area contributed by atoms with Crippen LogP contribution in [0.1, 0.15) is 65.2 Å². The summed E-state index contributed by atoms with van der Waals surface area (Å²) in [6.45, 7) is 4.84. The summed E-state index contributed by atoms with van der Waals surface area (Å²) in [6, 6.07) is 0. The SMILES string of the molecule is CC1CCCCC1.CCCCCO. The molecule has 1 aliphatic rings. The van der Waals surface area contributed by atoms with Crippen LogP contribution in [0.25, 0.3) is 0 Å². The fraction of sp³-hybridized carbons (Fsp3) is 1.00. The Morgan fingerprint density at radius 3 is 1.92 bits per heavy atom. The van der Waals surface area contributed by atoms with Crippen LogP contribution in [-0.2, 0) is 0 Å². The highest BCUT2D eigenvalue weighted by Crippen LogP contribution is 2.22. The topological polar surface area (TPSA) is 20.2 Å². The molecule has 1 rings (SSSR count). The summed E-state index contributed by atoms with van der Waals surface area (Å²) in [5.74, 6) is 1.04. The first kappa shape index (κ1) is 13.0. The molecule has 1 fully saturated rings. The summed E-state index contributed by atoms with van der Waals surface area (Å²) >= 11 is 0. The first-order valence-corrected chi connectivity index (χ1v) is 5.92. The van der Waals surface area contributed by atoms with Gasteiger partial charge in [-0.3, -0.25) is 0 Å². The van der Waals surface area contributed by atoms with Gasteiger partial charge in [-0.2, -0.15) is 0 Å². The van der Waals surface area contributed by atoms with Gasteiger partial charge in [-0.05, 0) is 12.3 Å². The summed E-state index contributed by atoms with van der Waals surface area (Å²) < 4.78 is 0. The van der Waals surface area contributed by atoms with E-state index in [2.05, 4.69) is 13.8 Å². The summed E-state index contributed by atoms with van der Waals surface area (Å²) in [6.07, 6.45) is 10.8. The van der Waals surface area contributed by atoms with Gasteiger partial charge >= 0.3 is 0 Å². The van der Waals surface area contributed by atoms with E-state index in [1.807, 2.05) is 0 Å². The molecule has 0 bridgehead atoms. The number of rotatable bonds is 3. The second-order valence-corrected chi connectivity index (χ2v) is 4.17. The van der Waals surface area contributed by atoms with Gasteiger partial charge in [-0.15, -0.1) is 0 Å². The van der Waals surface area contributed by atoms with Crippen molar-refractivity contribution in [3.63, 3.8) is 0 Å². The maximum Gasteiger partial charge on any atom is 0.0431 e. The Hall–Kier alpha value is -0.0400. The summed E-state index contributed by atoms with van der Waals surface area (Å²) in [5, 5.41) is 8.20. The van der Waals surface area contributed by atoms with E-state index in [9.17, 15) is 0 Å². The third-order valence-corrected chi connectivity index (χ3v) is 2.66. The molecular formula is C12H26O. The zero-order chi connectivity index (χ0) is 9.94. The van der Waals surface area contributed by atoms with Crippen molar-refractivity contribution in [2.75, 3.05) is 6.61 Å². The highest BCUT2D eigenvalue weighted by molar-refractivity contribution is 4.59. The number of aliphatic hydroxyl groups is 1. The van der Waals surface area contributed by atoms with Crippen LogP contribution in [0, 0.1) is 5.92 Å². The van der Waals surface area contributed by atoms with Crippen molar-refractivity contribution in [1.82, 2.24) is 0 Å². The van der Waals surface area contributed by atoms with Crippen LogP contribution in [0.5, 0.6) is 0 Å². The fourth-order valence-corrected chi connectivity index (χ4v) is 1.67. The lowest BCUT2D eigenvalue weighted by molar-refractivity contribution is 0.284. The van der Waals surface area contributed by atoms with Crippen LogP contribution in [0.15, 0.2) is 0 Å². The van der Waals surface area contributed by atoms with Crippen molar-refractivity contribution in [2.45, 2.75) is 65.2 Å². The third-order valence-electron chi connectivity index (χ3n) is 2.66. The van der Waals surface area contributed by atoms with Crippen LogP contribution >= 0.6 is 0 Å². The van der Waals surface area contributed by atoms with Gasteiger partial charge in [0.05, 0.1) is 0 Å². The van der Waals surface area contributed by atoms with Gasteiger partial charge in [-0.25, -0.2) is 0 Å². The third kappa shape index (κ3) is 9.88. The zero-order valence-electron chi connectivity index (χ0n) is 9.39. The van der Waals surface area contributed by atoms with Gasteiger partial charge in [0.25, 0.3) is 0 Å². The smallest absolute Gasteiger partial charge is 0.0431 e. The Morgan fingerprint density at radius 1 is 1.08 bits per heavy atom. The molecule has 1 aliphatic carbocycles. The van der Waals surface area contributed by atoms with Crippen LogP contribution in [0.4, 0.5) is 0 Å². The Bertz CT molecular complexity index is 81.1. The molecule has 0 amide bonds. The van der Waals surface area contributed by atoms with Gasteiger partial charge in [-0.1, -0.05) is 58.8 Å². The molecule has 1 nitrogen and oxygen atoms in total. The largest absolute Gasteiger partial charge is 0.396 e. The second kappa shape index (κ2) is 10.0.